The van der Waals surface area contributed by atoms with Crippen LogP contribution >= 0.6 is 12.2 Å². The molecular formula is C21H20F3N5O2S. The van der Waals surface area contributed by atoms with Crippen molar-refractivity contribution < 1.29 is 18.0 Å². The lowest BCUT2D eigenvalue weighted by atomic mass is 10.1. The Hall–Kier alpha value is -3.21. The second kappa shape index (κ2) is 8.38. The van der Waals surface area contributed by atoms with Gasteiger partial charge in [-0.3, -0.25) is 14.2 Å². The van der Waals surface area contributed by atoms with Crippen LogP contribution in [-0.4, -0.2) is 51.5 Å². The number of aromatic amines is 1. The van der Waals surface area contributed by atoms with E-state index in [1.165, 1.54) is 10.6 Å². The normalized spacial score (nSPS) is 15.1. The number of anilines is 1. The molecule has 0 saturated carbocycles. The lowest BCUT2D eigenvalue weighted by Gasteiger charge is -2.23. The summed E-state index contributed by atoms with van der Waals surface area (Å²) < 4.78 is 39.9. The third kappa shape index (κ3) is 4.24. The van der Waals surface area contributed by atoms with Crippen molar-refractivity contribution in [2.45, 2.75) is 12.6 Å². The minimum atomic E-state index is -4.43. The van der Waals surface area contributed by atoms with E-state index in [2.05, 4.69) is 9.97 Å². The first-order valence-electron chi connectivity index (χ1n) is 9.96. The van der Waals surface area contributed by atoms with E-state index in [-0.39, 0.29) is 16.2 Å². The number of hydrogen-bond donors (Lipinski definition) is 1. The van der Waals surface area contributed by atoms with Crippen molar-refractivity contribution in [3.05, 3.63) is 62.8 Å². The molecule has 1 aromatic carbocycles. The zero-order valence-corrected chi connectivity index (χ0v) is 18.0. The van der Waals surface area contributed by atoms with Gasteiger partial charge in [-0.1, -0.05) is 0 Å². The number of H-pyrrole nitrogens is 1. The van der Waals surface area contributed by atoms with Gasteiger partial charge in [-0.2, -0.15) is 13.2 Å². The van der Waals surface area contributed by atoms with E-state index >= 15 is 0 Å². The molecule has 0 spiro atoms. The molecule has 4 rings (SSSR count). The Kier molecular flexibility index (Phi) is 5.76. The molecule has 3 aromatic rings. The first-order chi connectivity index (χ1) is 15.1. The van der Waals surface area contributed by atoms with Crippen LogP contribution in [0.15, 0.2) is 41.3 Å². The topological polar surface area (TPSA) is 74.2 Å². The largest absolute Gasteiger partial charge is 0.417 e. The number of carbonyl (C=O) groups excluding carboxylic acids is 1. The van der Waals surface area contributed by atoms with E-state index in [0.29, 0.717) is 54.9 Å². The van der Waals surface area contributed by atoms with Crippen LogP contribution < -0.4 is 10.5 Å². The van der Waals surface area contributed by atoms with Gasteiger partial charge in [-0.05, 0) is 49.0 Å². The summed E-state index contributed by atoms with van der Waals surface area (Å²) in [6.45, 7) is 1.91. The number of nitrogens with zero attached hydrogens (tertiary/aromatic N) is 4. The highest BCUT2D eigenvalue weighted by molar-refractivity contribution is 7.71. The van der Waals surface area contributed by atoms with Crippen LogP contribution in [0.4, 0.5) is 19.0 Å². The lowest BCUT2D eigenvalue weighted by Crippen LogP contribution is -2.35. The molecule has 0 atom stereocenters. The van der Waals surface area contributed by atoms with Crippen LogP contribution in [0.25, 0.3) is 10.9 Å². The summed E-state index contributed by atoms with van der Waals surface area (Å²) in [5, 5.41) is 0.438. The van der Waals surface area contributed by atoms with Crippen LogP contribution in [0.1, 0.15) is 22.3 Å². The molecule has 7 nitrogen and oxygen atoms in total. The fourth-order valence-corrected chi connectivity index (χ4v) is 3.91. The van der Waals surface area contributed by atoms with Gasteiger partial charge in [-0.15, -0.1) is 0 Å². The number of carbonyl (C=O) groups is 1. The predicted molar refractivity (Wildman–Crippen MR) is 116 cm³/mol. The molecule has 11 heteroatoms. The van der Waals surface area contributed by atoms with Gasteiger partial charge in [0.2, 0.25) is 0 Å². The molecule has 0 unspecified atom stereocenters. The van der Waals surface area contributed by atoms with Gasteiger partial charge in [0.15, 0.2) is 4.77 Å². The molecule has 1 saturated heterocycles. The van der Waals surface area contributed by atoms with Crippen molar-refractivity contribution in [3.8, 4) is 0 Å². The Morgan fingerprint density at radius 3 is 2.59 bits per heavy atom. The number of rotatable bonds is 2. The van der Waals surface area contributed by atoms with Crippen LogP contribution in [0.2, 0.25) is 0 Å². The van der Waals surface area contributed by atoms with Crippen LogP contribution in [0.3, 0.4) is 0 Å². The lowest BCUT2D eigenvalue weighted by molar-refractivity contribution is -0.137. The molecule has 1 aliphatic heterocycles. The molecule has 1 aliphatic rings. The number of alkyl halides is 3. The Balaban J connectivity index is 1.51. The fourth-order valence-electron chi connectivity index (χ4n) is 3.71. The van der Waals surface area contributed by atoms with Gasteiger partial charge in [0.05, 0.1) is 16.5 Å². The van der Waals surface area contributed by atoms with Crippen LogP contribution in [0, 0.1) is 4.77 Å². The highest BCUT2D eigenvalue weighted by atomic mass is 32.1. The third-order valence-electron chi connectivity index (χ3n) is 5.53. The number of pyridine rings is 1. The Labute approximate surface area is 186 Å². The van der Waals surface area contributed by atoms with E-state index in [9.17, 15) is 22.8 Å². The van der Waals surface area contributed by atoms with Gasteiger partial charge in [0, 0.05) is 45.0 Å². The van der Waals surface area contributed by atoms with E-state index in [4.69, 9.17) is 12.2 Å². The average molecular weight is 463 g/mol. The summed E-state index contributed by atoms with van der Waals surface area (Å²) >= 11 is 5.15. The fraction of sp³-hybridized carbons (Fsp3) is 0.333. The van der Waals surface area contributed by atoms with Gasteiger partial charge in [0.25, 0.3) is 11.5 Å². The van der Waals surface area contributed by atoms with E-state index < -0.39 is 11.7 Å². The molecule has 1 amide bonds. The molecule has 0 bridgehead atoms. The van der Waals surface area contributed by atoms with Crippen LogP contribution in [-0.2, 0) is 13.2 Å². The van der Waals surface area contributed by atoms with E-state index in [1.54, 1.807) is 30.1 Å². The Morgan fingerprint density at radius 1 is 1.12 bits per heavy atom. The highest BCUT2D eigenvalue weighted by Gasteiger charge is 2.31. The SMILES string of the molecule is Cn1c(=S)[nH]c2cc(C(=O)N3CCCN(c4ccc(C(F)(F)F)cn4)CC3)ccc2c1=O. The quantitative estimate of drug-likeness (QED) is 0.590. The van der Waals surface area contributed by atoms with Crippen molar-refractivity contribution in [1.82, 2.24) is 19.4 Å². The maximum atomic E-state index is 13.1. The zero-order valence-electron chi connectivity index (χ0n) is 17.1. The molecular weight excluding hydrogens is 443 g/mol. The first kappa shape index (κ1) is 22.0. The molecule has 3 heterocycles. The predicted octanol–water partition coefficient (Wildman–Crippen LogP) is 3.36. The number of amides is 1. The van der Waals surface area contributed by atoms with E-state index in [0.717, 1.165) is 12.3 Å². The maximum absolute atomic E-state index is 13.1. The summed E-state index contributed by atoms with van der Waals surface area (Å²) in [5.74, 6) is 0.260. The van der Waals surface area contributed by atoms with Crippen molar-refractivity contribution in [2.24, 2.45) is 7.05 Å². The Bertz CT molecular complexity index is 1280. The number of hydrogen-bond acceptors (Lipinski definition) is 5. The monoisotopic (exact) mass is 463 g/mol. The highest BCUT2D eigenvalue weighted by Crippen LogP contribution is 2.29. The number of aromatic nitrogens is 3. The maximum Gasteiger partial charge on any atom is 0.417 e. The standard InChI is InChI=1S/C21H20F3N5O2S/c1-27-19(31)15-5-3-13(11-16(15)26-20(27)32)18(30)29-8-2-7-28(9-10-29)17-6-4-14(12-25-17)21(22,23)24/h3-6,11-12H,2,7-10H2,1H3,(H,26,32). The van der Waals surface area contributed by atoms with E-state index in [1.807, 2.05) is 4.90 Å². The average Bonchev–Trinajstić information content (AvgIpc) is 3.02. The van der Waals surface area contributed by atoms with Crippen molar-refractivity contribution in [2.75, 3.05) is 31.1 Å². The summed E-state index contributed by atoms with van der Waals surface area (Å²) in [4.78, 5) is 35.9. The second-order valence-corrected chi connectivity index (χ2v) is 7.98. The molecule has 1 N–H and O–H groups in total. The molecule has 0 radical (unpaired) electrons. The van der Waals surface area contributed by atoms with Crippen LogP contribution in [0.5, 0.6) is 0 Å². The summed E-state index contributed by atoms with van der Waals surface area (Å²) in [5.41, 5.74) is -0.109. The van der Waals surface area contributed by atoms with Crippen molar-refractivity contribution in [1.29, 1.82) is 0 Å². The minimum absolute atomic E-state index is 0.186. The van der Waals surface area contributed by atoms with Gasteiger partial charge in [-0.25, -0.2) is 4.98 Å². The number of fused-ring (bicyclic) bond motifs is 1. The molecule has 0 aliphatic carbocycles. The molecule has 32 heavy (non-hydrogen) atoms. The molecule has 1 fully saturated rings. The van der Waals surface area contributed by atoms with Crippen molar-refractivity contribution >= 4 is 34.8 Å². The summed E-state index contributed by atoms with van der Waals surface area (Å²) in [6, 6.07) is 7.20. The van der Waals surface area contributed by atoms with Crippen molar-refractivity contribution in [3.63, 3.8) is 0 Å². The summed E-state index contributed by atoms with van der Waals surface area (Å²) in [6.07, 6.45) is -2.96. The molecule has 2 aromatic heterocycles. The second-order valence-electron chi connectivity index (χ2n) is 7.59. The first-order valence-corrected chi connectivity index (χ1v) is 10.4. The zero-order chi connectivity index (χ0) is 23.0. The number of nitrogens with one attached hydrogen (secondary N) is 1. The smallest absolute Gasteiger partial charge is 0.355 e. The molecule has 168 valence electrons. The van der Waals surface area contributed by atoms with Gasteiger partial charge in [0.1, 0.15) is 5.82 Å². The number of benzene rings is 1. The van der Waals surface area contributed by atoms with Gasteiger partial charge >= 0.3 is 6.18 Å². The minimum Gasteiger partial charge on any atom is -0.355 e. The Morgan fingerprint density at radius 2 is 1.91 bits per heavy atom. The third-order valence-corrected chi connectivity index (χ3v) is 5.91. The summed E-state index contributed by atoms with van der Waals surface area (Å²) in [7, 11) is 1.58. The number of halogens is 3. The van der Waals surface area contributed by atoms with Gasteiger partial charge < -0.3 is 14.8 Å².